The van der Waals surface area contributed by atoms with Crippen LogP contribution in [0.15, 0.2) is 64.1 Å². The van der Waals surface area contributed by atoms with Crippen LogP contribution in [0, 0.1) is 5.82 Å². The molecule has 0 aliphatic heterocycles. The lowest BCUT2D eigenvalue weighted by molar-refractivity contribution is 0.415. The van der Waals surface area contributed by atoms with E-state index < -0.39 is 0 Å². The Bertz CT molecular complexity index is 738. The Balaban J connectivity index is 1.66. The van der Waals surface area contributed by atoms with Crippen molar-refractivity contribution in [2.45, 2.75) is 10.6 Å². The van der Waals surface area contributed by atoms with Gasteiger partial charge in [0.25, 0.3) is 0 Å². The van der Waals surface area contributed by atoms with Gasteiger partial charge in [0, 0.05) is 16.2 Å². The third kappa shape index (κ3) is 3.49. The Hall–Kier alpha value is -2.27. The van der Waals surface area contributed by atoms with E-state index in [1.807, 2.05) is 24.3 Å². The monoisotopic (exact) mass is 315 g/mol. The SMILES string of the molecule is COc1ccc(-c2nc(CSc3ccc(F)cc3)co2)cc1. The highest BCUT2D eigenvalue weighted by molar-refractivity contribution is 7.98. The number of thioether (sulfide) groups is 1. The molecular formula is C17H14FNO2S. The summed E-state index contributed by atoms with van der Waals surface area (Å²) >= 11 is 1.59. The number of aromatic nitrogens is 1. The molecular weight excluding hydrogens is 301 g/mol. The second-order valence-electron chi connectivity index (χ2n) is 4.62. The van der Waals surface area contributed by atoms with Crippen LogP contribution in [0.25, 0.3) is 11.5 Å². The Kier molecular flexibility index (Phi) is 4.44. The summed E-state index contributed by atoms with van der Waals surface area (Å²) < 4.78 is 23.5. The van der Waals surface area contributed by atoms with E-state index in [4.69, 9.17) is 9.15 Å². The van der Waals surface area contributed by atoms with Gasteiger partial charge >= 0.3 is 0 Å². The minimum absolute atomic E-state index is 0.229. The molecule has 0 saturated carbocycles. The van der Waals surface area contributed by atoms with Crippen LogP contribution in [0.1, 0.15) is 5.69 Å². The zero-order valence-electron chi connectivity index (χ0n) is 12.0. The third-order valence-electron chi connectivity index (χ3n) is 3.09. The predicted molar refractivity (Wildman–Crippen MR) is 84.5 cm³/mol. The smallest absolute Gasteiger partial charge is 0.226 e. The molecule has 1 aromatic heterocycles. The van der Waals surface area contributed by atoms with Gasteiger partial charge in [-0.1, -0.05) is 0 Å². The van der Waals surface area contributed by atoms with E-state index in [9.17, 15) is 4.39 Å². The van der Waals surface area contributed by atoms with Crippen molar-refractivity contribution in [1.82, 2.24) is 4.98 Å². The molecule has 0 N–H and O–H groups in total. The van der Waals surface area contributed by atoms with Gasteiger partial charge in [0.15, 0.2) is 0 Å². The standard InChI is InChI=1S/C17H14FNO2S/c1-20-15-6-2-12(3-7-15)17-19-14(10-21-17)11-22-16-8-4-13(18)5-9-16/h2-10H,11H2,1H3. The van der Waals surface area contributed by atoms with Crippen molar-refractivity contribution in [3.05, 3.63) is 66.3 Å². The molecule has 3 nitrogen and oxygen atoms in total. The van der Waals surface area contributed by atoms with E-state index in [2.05, 4.69) is 4.98 Å². The molecule has 0 amide bonds. The van der Waals surface area contributed by atoms with Crippen LogP contribution in [-0.2, 0) is 5.75 Å². The number of hydrogen-bond donors (Lipinski definition) is 0. The summed E-state index contributed by atoms with van der Waals surface area (Å²) in [5, 5.41) is 0. The third-order valence-corrected chi connectivity index (χ3v) is 4.13. The molecule has 0 saturated heterocycles. The Morgan fingerprint density at radius 3 is 2.50 bits per heavy atom. The molecule has 3 rings (SSSR count). The van der Waals surface area contributed by atoms with Gasteiger partial charge in [-0.2, -0.15) is 0 Å². The average Bonchev–Trinajstić information content (AvgIpc) is 3.03. The first-order valence-electron chi connectivity index (χ1n) is 6.72. The number of ether oxygens (including phenoxy) is 1. The van der Waals surface area contributed by atoms with Gasteiger partial charge in [0.2, 0.25) is 5.89 Å². The van der Waals surface area contributed by atoms with Gasteiger partial charge in [0.05, 0.1) is 12.8 Å². The predicted octanol–water partition coefficient (Wildman–Crippen LogP) is 4.78. The molecule has 0 aliphatic carbocycles. The number of rotatable bonds is 5. The van der Waals surface area contributed by atoms with Crippen molar-refractivity contribution in [3.63, 3.8) is 0 Å². The van der Waals surface area contributed by atoms with Gasteiger partial charge in [-0.3, -0.25) is 0 Å². The Morgan fingerprint density at radius 1 is 1.09 bits per heavy atom. The molecule has 1 heterocycles. The van der Waals surface area contributed by atoms with Gasteiger partial charge in [0.1, 0.15) is 17.8 Å². The quantitative estimate of drug-likeness (QED) is 0.635. The van der Waals surface area contributed by atoms with E-state index in [0.717, 1.165) is 21.9 Å². The van der Waals surface area contributed by atoms with Crippen LogP contribution >= 0.6 is 11.8 Å². The summed E-state index contributed by atoms with van der Waals surface area (Å²) in [5.41, 5.74) is 1.75. The number of halogens is 1. The maximum Gasteiger partial charge on any atom is 0.226 e. The fourth-order valence-corrected chi connectivity index (χ4v) is 2.70. The summed E-state index contributed by atoms with van der Waals surface area (Å²) in [6, 6.07) is 14.0. The molecule has 0 spiro atoms. The molecule has 3 aromatic rings. The van der Waals surface area contributed by atoms with Gasteiger partial charge in [-0.15, -0.1) is 11.8 Å². The first-order valence-corrected chi connectivity index (χ1v) is 7.70. The fraction of sp³-hybridized carbons (Fsp3) is 0.118. The molecule has 0 atom stereocenters. The number of oxazole rings is 1. The average molecular weight is 315 g/mol. The lowest BCUT2D eigenvalue weighted by Gasteiger charge is -2.00. The molecule has 5 heteroatoms. The van der Waals surface area contributed by atoms with Crippen LogP contribution < -0.4 is 4.74 Å². The second-order valence-corrected chi connectivity index (χ2v) is 5.66. The molecule has 0 bridgehead atoms. The van der Waals surface area contributed by atoms with Crippen LogP contribution in [0.3, 0.4) is 0 Å². The minimum atomic E-state index is -0.229. The molecule has 0 radical (unpaired) electrons. The summed E-state index contributed by atoms with van der Waals surface area (Å²) in [4.78, 5) is 5.46. The minimum Gasteiger partial charge on any atom is -0.497 e. The first-order chi connectivity index (χ1) is 10.7. The van der Waals surface area contributed by atoms with E-state index in [1.165, 1.54) is 12.1 Å². The van der Waals surface area contributed by atoms with E-state index in [1.54, 1.807) is 37.3 Å². The van der Waals surface area contributed by atoms with Crippen molar-refractivity contribution >= 4 is 11.8 Å². The van der Waals surface area contributed by atoms with Crippen molar-refractivity contribution in [1.29, 1.82) is 0 Å². The van der Waals surface area contributed by atoms with Crippen LogP contribution in [0.4, 0.5) is 4.39 Å². The second kappa shape index (κ2) is 6.66. The number of methoxy groups -OCH3 is 1. The zero-order valence-corrected chi connectivity index (χ0v) is 12.8. The largest absolute Gasteiger partial charge is 0.497 e. The van der Waals surface area contributed by atoms with Crippen LogP contribution in [0.2, 0.25) is 0 Å². The summed E-state index contributed by atoms with van der Waals surface area (Å²) in [7, 11) is 1.63. The van der Waals surface area contributed by atoms with Crippen LogP contribution in [0.5, 0.6) is 5.75 Å². The van der Waals surface area contributed by atoms with Gasteiger partial charge in [-0.05, 0) is 48.5 Å². The van der Waals surface area contributed by atoms with Crippen molar-refractivity contribution in [3.8, 4) is 17.2 Å². The normalized spacial score (nSPS) is 10.6. The summed E-state index contributed by atoms with van der Waals surface area (Å²) in [6.07, 6.45) is 1.65. The Morgan fingerprint density at radius 2 is 1.82 bits per heavy atom. The molecule has 0 unspecified atom stereocenters. The molecule has 112 valence electrons. The maximum absolute atomic E-state index is 12.8. The van der Waals surface area contributed by atoms with Crippen molar-refractivity contribution in [2.75, 3.05) is 7.11 Å². The lowest BCUT2D eigenvalue weighted by Crippen LogP contribution is -1.84. The van der Waals surface area contributed by atoms with Gasteiger partial charge in [-0.25, -0.2) is 9.37 Å². The summed E-state index contributed by atoms with van der Waals surface area (Å²) in [5.74, 6) is 1.82. The number of nitrogens with zero attached hydrogens (tertiary/aromatic N) is 1. The van der Waals surface area contributed by atoms with E-state index in [-0.39, 0.29) is 5.82 Å². The maximum atomic E-state index is 12.8. The van der Waals surface area contributed by atoms with E-state index in [0.29, 0.717) is 11.6 Å². The molecule has 2 aromatic carbocycles. The number of benzene rings is 2. The molecule has 0 aliphatic rings. The molecule has 0 fully saturated rings. The highest BCUT2D eigenvalue weighted by Crippen LogP contribution is 2.26. The van der Waals surface area contributed by atoms with E-state index >= 15 is 0 Å². The van der Waals surface area contributed by atoms with Crippen molar-refractivity contribution in [2.24, 2.45) is 0 Å². The van der Waals surface area contributed by atoms with Crippen molar-refractivity contribution < 1.29 is 13.5 Å². The van der Waals surface area contributed by atoms with Gasteiger partial charge < -0.3 is 9.15 Å². The summed E-state index contributed by atoms with van der Waals surface area (Å²) in [6.45, 7) is 0. The Labute approximate surface area is 132 Å². The zero-order chi connectivity index (χ0) is 15.4. The highest BCUT2D eigenvalue weighted by atomic mass is 32.2. The number of hydrogen-bond acceptors (Lipinski definition) is 4. The topological polar surface area (TPSA) is 35.3 Å². The lowest BCUT2D eigenvalue weighted by atomic mass is 10.2. The first kappa shape index (κ1) is 14.7. The fourth-order valence-electron chi connectivity index (χ4n) is 1.93. The highest BCUT2D eigenvalue weighted by Gasteiger charge is 2.07. The van der Waals surface area contributed by atoms with Crippen LogP contribution in [-0.4, -0.2) is 12.1 Å². The molecule has 22 heavy (non-hydrogen) atoms.